The first-order valence-corrected chi connectivity index (χ1v) is 13.4. The number of aromatic amines is 1. The van der Waals surface area contributed by atoms with Crippen molar-refractivity contribution >= 4 is 34.2 Å². The Hall–Kier alpha value is -2.66. The Kier molecular flexibility index (Phi) is 8.50. The van der Waals surface area contributed by atoms with Crippen molar-refractivity contribution in [2.75, 3.05) is 33.3 Å². The van der Waals surface area contributed by atoms with Gasteiger partial charge >= 0.3 is 0 Å². The number of hydrogen-bond donors (Lipinski definition) is 4. The minimum atomic E-state index is -0.438. The number of Topliss-reactive ketones (excluding diaryl/α,β-unsaturated/α-hetero) is 1. The number of thiophene rings is 1. The van der Waals surface area contributed by atoms with Crippen molar-refractivity contribution in [1.29, 1.82) is 0 Å². The Bertz CT molecular complexity index is 1200. The van der Waals surface area contributed by atoms with E-state index < -0.39 is 6.10 Å². The Balaban J connectivity index is 0.000000556. The molecule has 36 heavy (non-hydrogen) atoms. The Morgan fingerprint density at radius 2 is 2.06 bits per heavy atom. The summed E-state index contributed by atoms with van der Waals surface area (Å²) in [7, 11) is 1.80. The summed E-state index contributed by atoms with van der Waals surface area (Å²) in [6.45, 7) is 3.95. The minimum absolute atomic E-state index is 0.0652. The van der Waals surface area contributed by atoms with Gasteiger partial charge in [0, 0.05) is 31.2 Å². The summed E-state index contributed by atoms with van der Waals surface area (Å²) in [4.78, 5) is 41.5. The molecule has 2 fully saturated rings. The number of rotatable bonds is 6. The maximum absolute atomic E-state index is 13.4. The molecule has 9 nitrogen and oxygen atoms in total. The van der Waals surface area contributed by atoms with Crippen LogP contribution in [0, 0.1) is 5.41 Å². The molecule has 194 valence electrons. The number of carbonyl (C=O) groups is 2. The first kappa shape index (κ1) is 26.4. The van der Waals surface area contributed by atoms with Crippen molar-refractivity contribution in [2.24, 2.45) is 5.41 Å². The van der Waals surface area contributed by atoms with Gasteiger partial charge in [0.2, 0.25) is 0 Å². The lowest BCUT2D eigenvalue weighted by molar-refractivity contribution is 0.0749. The molecule has 1 saturated heterocycles. The summed E-state index contributed by atoms with van der Waals surface area (Å²) in [6, 6.07) is 3.67. The van der Waals surface area contributed by atoms with Crippen LogP contribution >= 0.6 is 11.3 Å². The SMILES string of the molecule is CC1(C(=O)c2c[nH]c3ncc(-c4ccc(C(=O)N5CCC(O)C5)s4)nc23)CCCCC1.CNCCO. The molecule has 0 bridgehead atoms. The molecule has 1 atom stereocenters. The predicted octanol–water partition coefficient (Wildman–Crippen LogP) is 3.24. The lowest BCUT2D eigenvalue weighted by Crippen LogP contribution is -2.30. The Labute approximate surface area is 215 Å². The molecule has 2 aliphatic rings. The topological polar surface area (TPSA) is 131 Å². The fourth-order valence-electron chi connectivity index (χ4n) is 4.85. The second-order valence-electron chi connectivity index (χ2n) is 9.79. The lowest BCUT2D eigenvalue weighted by Gasteiger charge is -2.31. The minimum Gasteiger partial charge on any atom is -0.395 e. The van der Waals surface area contributed by atoms with Crippen LogP contribution in [0.1, 0.15) is 65.5 Å². The van der Waals surface area contributed by atoms with Crippen LogP contribution < -0.4 is 5.32 Å². The van der Waals surface area contributed by atoms with E-state index in [4.69, 9.17) is 10.1 Å². The zero-order valence-electron chi connectivity index (χ0n) is 20.9. The smallest absolute Gasteiger partial charge is 0.264 e. The van der Waals surface area contributed by atoms with Crippen molar-refractivity contribution in [2.45, 2.75) is 51.6 Å². The van der Waals surface area contributed by atoms with Crippen LogP contribution in [0.5, 0.6) is 0 Å². The highest BCUT2D eigenvalue weighted by molar-refractivity contribution is 7.17. The first-order valence-electron chi connectivity index (χ1n) is 12.6. The van der Waals surface area contributed by atoms with Crippen LogP contribution in [-0.2, 0) is 0 Å². The van der Waals surface area contributed by atoms with E-state index in [0.29, 0.717) is 53.4 Å². The molecule has 5 rings (SSSR count). The molecule has 3 aromatic rings. The fourth-order valence-corrected chi connectivity index (χ4v) is 5.78. The molecule has 1 saturated carbocycles. The zero-order valence-corrected chi connectivity index (χ0v) is 21.7. The van der Waals surface area contributed by atoms with E-state index in [1.165, 1.54) is 17.8 Å². The van der Waals surface area contributed by atoms with Gasteiger partial charge in [0.25, 0.3) is 5.91 Å². The van der Waals surface area contributed by atoms with Crippen LogP contribution in [0.3, 0.4) is 0 Å². The number of fused-ring (bicyclic) bond motifs is 1. The fraction of sp³-hybridized carbons (Fsp3) is 0.538. The predicted molar refractivity (Wildman–Crippen MR) is 140 cm³/mol. The molecular formula is C26H35N5O4S. The number of nitrogens with zero attached hydrogens (tertiary/aromatic N) is 3. The van der Waals surface area contributed by atoms with Crippen molar-refractivity contribution in [3.63, 3.8) is 0 Å². The summed E-state index contributed by atoms with van der Waals surface area (Å²) >= 11 is 1.36. The monoisotopic (exact) mass is 513 g/mol. The zero-order chi connectivity index (χ0) is 25.7. The quantitative estimate of drug-likeness (QED) is 0.372. The van der Waals surface area contributed by atoms with Gasteiger partial charge in [-0.25, -0.2) is 9.97 Å². The number of amides is 1. The molecule has 0 spiro atoms. The average Bonchev–Trinajstić information content (AvgIpc) is 3.64. The van der Waals surface area contributed by atoms with Gasteiger partial charge in [-0.3, -0.25) is 9.59 Å². The summed E-state index contributed by atoms with van der Waals surface area (Å²) in [6.07, 6.45) is 8.77. The molecule has 1 amide bonds. The van der Waals surface area contributed by atoms with Crippen molar-refractivity contribution in [1.82, 2.24) is 25.2 Å². The van der Waals surface area contributed by atoms with Crippen LogP contribution in [0.25, 0.3) is 21.7 Å². The van der Waals surface area contributed by atoms with Gasteiger partial charge in [-0.2, -0.15) is 0 Å². The van der Waals surface area contributed by atoms with Gasteiger partial charge in [-0.1, -0.05) is 26.2 Å². The number of aliphatic hydroxyl groups is 2. The molecule has 3 aromatic heterocycles. The van der Waals surface area contributed by atoms with Crippen LogP contribution in [0.15, 0.2) is 24.5 Å². The number of H-pyrrole nitrogens is 1. The van der Waals surface area contributed by atoms with Crippen molar-refractivity contribution < 1.29 is 19.8 Å². The maximum Gasteiger partial charge on any atom is 0.264 e. The van der Waals surface area contributed by atoms with Gasteiger partial charge in [0.1, 0.15) is 5.52 Å². The van der Waals surface area contributed by atoms with Crippen LogP contribution in [-0.4, -0.2) is 81.1 Å². The molecule has 1 unspecified atom stereocenters. The molecule has 4 N–H and O–H groups in total. The molecule has 0 aromatic carbocycles. The number of likely N-dealkylation sites (tertiary alicyclic amines) is 1. The van der Waals surface area contributed by atoms with E-state index in [1.54, 1.807) is 30.4 Å². The maximum atomic E-state index is 13.4. The number of likely N-dealkylation sites (N-methyl/N-ethyl adjacent to an activating group) is 1. The van der Waals surface area contributed by atoms with E-state index >= 15 is 0 Å². The third-order valence-electron chi connectivity index (χ3n) is 7.01. The molecular weight excluding hydrogens is 478 g/mol. The normalized spacial score (nSPS) is 19.2. The molecule has 1 aliphatic carbocycles. The second-order valence-corrected chi connectivity index (χ2v) is 10.9. The second kappa shape index (κ2) is 11.6. The summed E-state index contributed by atoms with van der Waals surface area (Å²) < 4.78 is 0. The molecule has 10 heteroatoms. The van der Waals surface area contributed by atoms with E-state index in [1.807, 2.05) is 6.07 Å². The molecule has 0 radical (unpaired) electrons. The number of hydrogen-bond acceptors (Lipinski definition) is 8. The highest BCUT2D eigenvalue weighted by Crippen LogP contribution is 2.40. The highest BCUT2D eigenvalue weighted by Gasteiger charge is 2.36. The number of aliphatic hydroxyl groups excluding tert-OH is 2. The standard InChI is InChI=1S/C23H26N4O3S.C3H9NO/c1-23(8-3-2-4-9-23)20(29)15-11-24-21-19(15)26-16(12-25-21)17-5-6-18(31-17)22(30)27-10-7-14(28)13-27;1-4-2-3-5/h5-6,11-12,14,28H,2-4,7-10,13H2,1H3,(H,24,25);4-5H,2-3H2,1H3. The number of carbonyl (C=O) groups excluding carboxylic acids is 2. The molecule has 1 aliphatic heterocycles. The largest absolute Gasteiger partial charge is 0.395 e. The Morgan fingerprint density at radius 1 is 1.28 bits per heavy atom. The summed E-state index contributed by atoms with van der Waals surface area (Å²) in [5.41, 5.74) is 2.12. The number of β-amino-alcohol motifs (C(OH)–C–C–N with tert-alkyl or cyclic N) is 1. The number of nitrogens with one attached hydrogen (secondary N) is 2. The molecule has 4 heterocycles. The van der Waals surface area contributed by atoms with Crippen LogP contribution in [0.4, 0.5) is 0 Å². The van der Waals surface area contributed by atoms with E-state index in [0.717, 1.165) is 30.6 Å². The van der Waals surface area contributed by atoms with Gasteiger partial charge < -0.3 is 25.4 Å². The summed E-state index contributed by atoms with van der Waals surface area (Å²) in [5, 5.41) is 20.5. The van der Waals surface area contributed by atoms with Gasteiger partial charge in [-0.15, -0.1) is 11.3 Å². The first-order chi connectivity index (χ1) is 17.4. The van der Waals surface area contributed by atoms with Crippen molar-refractivity contribution in [3.8, 4) is 10.6 Å². The number of aromatic nitrogens is 3. The lowest BCUT2D eigenvalue weighted by atomic mass is 9.71. The van der Waals surface area contributed by atoms with E-state index in [9.17, 15) is 14.7 Å². The number of ketones is 1. The van der Waals surface area contributed by atoms with Crippen molar-refractivity contribution in [3.05, 3.63) is 35.0 Å². The third-order valence-corrected chi connectivity index (χ3v) is 8.11. The van der Waals surface area contributed by atoms with Gasteiger partial charge in [0.15, 0.2) is 11.4 Å². The average molecular weight is 514 g/mol. The van der Waals surface area contributed by atoms with Crippen LogP contribution in [0.2, 0.25) is 0 Å². The van der Waals surface area contributed by atoms with E-state index in [-0.39, 0.29) is 23.7 Å². The van der Waals surface area contributed by atoms with E-state index in [2.05, 4.69) is 22.2 Å². The third kappa shape index (κ3) is 5.67. The highest BCUT2D eigenvalue weighted by atomic mass is 32.1. The Morgan fingerprint density at radius 3 is 2.69 bits per heavy atom. The van der Waals surface area contributed by atoms with Gasteiger partial charge in [0.05, 0.1) is 39.9 Å². The van der Waals surface area contributed by atoms with Gasteiger partial charge in [-0.05, 0) is 38.4 Å². The summed E-state index contributed by atoms with van der Waals surface area (Å²) in [5.74, 6) is 0.0732.